The number of amides is 2. The highest BCUT2D eigenvalue weighted by atomic mass is 16.2. The topological polar surface area (TPSA) is 52.7 Å². The molecule has 0 atom stereocenters. The zero-order valence-electron chi connectivity index (χ0n) is 16.0. The summed E-state index contributed by atoms with van der Waals surface area (Å²) in [6.07, 6.45) is 1.57. The second-order valence-corrected chi connectivity index (χ2v) is 7.39. The molecule has 1 aliphatic heterocycles. The van der Waals surface area contributed by atoms with Crippen LogP contribution >= 0.6 is 0 Å². The minimum atomic E-state index is 0.00767. The number of rotatable bonds is 6. The summed E-state index contributed by atoms with van der Waals surface area (Å²) in [5.41, 5.74) is 3.16. The summed E-state index contributed by atoms with van der Waals surface area (Å²) in [7, 11) is 0. The van der Waals surface area contributed by atoms with Gasteiger partial charge in [0.15, 0.2) is 0 Å². The fourth-order valence-corrected chi connectivity index (χ4v) is 3.00. The maximum Gasteiger partial charge on any atom is 0.238 e. The number of nitrogens with zero attached hydrogens (tertiary/aromatic N) is 2. The molecule has 0 aliphatic carbocycles. The maximum absolute atomic E-state index is 12.3. The molecule has 5 nitrogen and oxygen atoms in total. The fourth-order valence-electron chi connectivity index (χ4n) is 3.00. The number of benzene rings is 1. The average Bonchev–Trinajstić information content (AvgIpc) is 2.57. The molecule has 0 bridgehead atoms. The highest BCUT2D eigenvalue weighted by Gasteiger charge is 2.22. The molecule has 1 saturated heterocycles. The van der Waals surface area contributed by atoms with E-state index in [-0.39, 0.29) is 11.8 Å². The molecule has 1 aliphatic rings. The van der Waals surface area contributed by atoms with Crippen molar-refractivity contribution in [1.82, 2.24) is 9.80 Å². The quantitative estimate of drug-likeness (QED) is 0.862. The molecule has 25 heavy (non-hydrogen) atoms. The van der Waals surface area contributed by atoms with Crippen LogP contribution < -0.4 is 5.32 Å². The molecule has 1 heterocycles. The first-order valence-corrected chi connectivity index (χ1v) is 9.23. The fraction of sp³-hybridized carbons (Fsp3) is 0.600. The van der Waals surface area contributed by atoms with Gasteiger partial charge in [0, 0.05) is 38.3 Å². The van der Waals surface area contributed by atoms with E-state index in [1.165, 1.54) is 5.56 Å². The van der Waals surface area contributed by atoms with Gasteiger partial charge in [0.2, 0.25) is 11.8 Å². The molecule has 0 aromatic heterocycles. The smallest absolute Gasteiger partial charge is 0.238 e. The molecule has 0 unspecified atom stereocenters. The number of nitrogens with one attached hydrogen (secondary N) is 1. The zero-order valence-corrected chi connectivity index (χ0v) is 16.0. The van der Waals surface area contributed by atoms with E-state index >= 15 is 0 Å². The van der Waals surface area contributed by atoms with Crippen molar-refractivity contribution >= 4 is 17.5 Å². The third-order valence-electron chi connectivity index (χ3n) is 4.91. The number of hydrogen-bond acceptors (Lipinski definition) is 3. The largest absolute Gasteiger partial charge is 0.340 e. The van der Waals surface area contributed by atoms with Crippen LogP contribution in [0.1, 0.15) is 37.8 Å². The highest BCUT2D eigenvalue weighted by Crippen LogP contribution is 2.18. The minimum absolute atomic E-state index is 0.00767. The first-order valence-electron chi connectivity index (χ1n) is 9.23. The van der Waals surface area contributed by atoms with E-state index in [0.29, 0.717) is 32.0 Å². The number of carbonyl (C=O) groups excluding carboxylic acids is 2. The van der Waals surface area contributed by atoms with Crippen LogP contribution in [0.15, 0.2) is 18.2 Å². The van der Waals surface area contributed by atoms with Gasteiger partial charge in [0.25, 0.3) is 0 Å². The lowest BCUT2D eigenvalue weighted by atomic mass is 10.1. The summed E-state index contributed by atoms with van der Waals surface area (Å²) < 4.78 is 0. The Labute approximate surface area is 151 Å². The second kappa shape index (κ2) is 8.99. The molecule has 0 saturated carbocycles. The summed E-state index contributed by atoms with van der Waals surface area (Å²) in [6, 6.07) is 5.94. The van der Waals surface area contributed by atoms with Crippen LogP contribution in [0.3, 0.4) is 0 Å². The molecule has 1 fully saturated rings. The van der Waals surface area contributed by atoms with E-state index in [0.717, 1.165) is 30.8 Å². The van der Waals surface area contributed by atoms with E-state index in [4.69, 9.17) is 0 Å². The lowest BCUT2D eigenvalue weighted by Gasteiger charge is -2.34. The first kappa shape index (κ1) is 19.4. The standard InChI is InChI=1S/C20H31N3O2/c1-15(2)8-9-20(25)23-12-10-22(11-13-23)14-19(24)21-18-7-5-6-16(3)17(18)4/h5-7,15H,8-14H2,1-4H3,(H,21,24). The van der Waals surface area contributed by atoms with Gasteiger partial charge in [-0.2, -0.15) is 0 Å². The van der Waals surface area contributed by atoms with Crippen LogP contribution in [0.5, 0.6) is 0 Å². The monoisotopic (exact) mass is 345 g/mol. The Balaban J connectivity index is 1.77. The normalized spacial score (nSPS) is 15.5. The van der Waals surface area contributed by atoms with Gasteiger partial charge in [-0.25, -0.2) is 0 Å². The lowest BCUT2D eigenvalue weighted by molar-refractivity contribution is -0.133. The van der Waals surface area contributed by atoms with Gasteiger partial charge in [-0.05, 0) is 43.4 Å². The van der Waals surface area contributed by atoms with Crippen molar-refractivity contribution in [1.29, 1.82) is 0 Å². The molecule has 0 radical (unpaired) electrons. The number of carbonyl (C=O) groups is 2. The summed E-state index contributed by atoms with van der Waals surface area (Å²) in [5, 5.41) is 3.00. The Morgan fingerprint density at radius 1 is 1.12 bits per heavy atom. The molecule has 0 spiro atoms. The number of piperazine rings is 1. The molecule has 2 amide bonds. The molecule has 5 heteroatoms. The third-order valence-corrected chi connectivity index (χ3v) is 4.91. The van der Waals surface area contributed by atoms with Crippen LogP contribution in [0.2, 0.25) is 0 Å². The summed E-state index contributed by atoms with van der Waals surface area (Å²) in [4.78, 5) is 28.5. The van der Waals surface area contributed by atoms with Crippen molar-refractivity contribution in [2.45, 2.75) is 40.5 Å². The highest BCUT2D eigenvalue weighted by molar-refractivity contribution is 5.93. The van der Waals surface area contributed by atoms with E-state index in [1.807, 2.05) is 36.9 Å². The van der Waals surface area contributed by atoms with Gasteiger partial charge in [-0.1, -0.05) is 26.0 Å². The molecule has 138 valence electrons. The van der Waals surface area contributed by atoms with E-state index in [9.17, 15) is 9.59 Å². The molecule has 2 rings (SSSR count). The SMILES string of the molecule is Cc1cccc(NC(=O)CN2CCN(C(=O)CCC(C)C)CC2)c1C. The van der Waals surface area contributed by atoms with Gasteiger partial charge >= 0.3 is 0 Å². The Kier molecular flexibility index (Phi) is 7.00. The van der Waals surface area contributed by atoms with Gasteiger partial charge in [-0.15, -0.1) is 0 Å². The van der Waals surface area contributed by atoms with Crippen LogP contribution in [-0.4, -0.2) is 54.3 Å². The molecule has 1 aromatic rings. The van der Waals surface area contributed by atoms with Crippen LogP contribution in [0.4, 0.5) is 5.69 Å². The number of aryl methyl sites for hydroxylation is 1. The van der Waals surface area contributed by atoms with Crippen molar-refractivity contribution in [2.24, 2.45) is 5.92 Å². The summed E-state index contributed by atoms with van der Waals surface area (Å²) >= 11 is 0. The lowest BCUT2D eigenvalue weighted by Crippen LogP contribution is -2.50. The van der Waals surface area contributed by atoms with E-state index in [1.54, 1.807) is 0 Å². The van der Waals surface area contributed by atoms with Crippen LogP contribution in [0.25, 0.3) is 0 Å². The molecular formula is C20H31N3O2. The Bertz CT molecular complexity index is 605. The van der Waals surface area contributed by atoms with Gasteiger partial charge < -0.3 is 10.2 Å². The van der Waals surface area contributed by atoms with Crippen LogP contribution in [-0.2, 0) is 9.59 Å². The summed E-state index contributed by atoms with van der Waals surface area (Å²) in [6.45, 7) is 11.7. The van der Waals surface area contributed by atoms with Crippen LogP contribution in [0, 0.1) is 19.8 Å². The van der Waals surface area contributed by atoms with E-state index in [2.05, 4.69) is 24.1 Å². The Morgan fingerprint density at radius 3 is 2.44 bits per heavy atom. The maximum atomic E-state index is 12.3. The second-order valence-electron chi connectivity index (χ2n) is 7.39. The molecule has 1 aromatic carbocycles. The Hall–Kier alpha value is -1.88. The minimum Gasteiger partial charge on any atom is -0.340 e. The predicted octanol–water partition coefficient (Wildman–Crippen LogP) is 2.82. The van der Waals surface area contributed by atoms with E-state index < -0.39 is 0 Å². The van der Waals surface area contributed by atoms with Crippen molar-refractivity contribution in [2.75, 3.05) is 38.0 Å². The first-order chi connectivity index (χ1) is 11.9. The van der Waals surface area contributed by atoms with Crippen molar-refractivity contribution in [3.05, 3.63) is 29.3 Å². The average molecular weight is 345 g/mol. The number of anilines is 1. The van der Waals surface area contributed by atoms with Crippen molar-refractivity contribution < 1.29 is 9.59 Å². The number of hydrogen-bond donors (Lipinski definition) is 1. The summed E-state index contributed by atoms with van der Waals surface area (Å²) in [5.74, 6) is 0.806. The van der Waals surface area contributed by atoms with Gasteiger partial charge in [-0.3, -0.25) is 14.5 Å². The third kappa shape index (κ3) is 5.85. The molecular weight excluding hydrogens is 314 g/mol. The zero-order chi connectivity index (χ0) is 18.4. The predicted molar refractivity (Wildman–Crippen MR) is 102 cm³/mol. The molecule has 1 N–H and O–H groups in total. The van der Waals surface area contributed by atoms with Crippen molar-refractivity contribution in [3.8, 4) is 0 Å². The van der Waals surface area contributed by atoms with Crippen molar-refractivity contribution in [3.63, 3.8) is 0 Å². The van der Waals surface area contributed by atoms with Gasteiger partial charge in [0.1, 0.15) is 0 Å². The Morgan fingerprint density at radius 2 is 1.80 bits per heavy atom. The van der Waals surface area contributed by atoms with Gasteiger partial charge in [0.05, 0.1) is 6.54 Å².